The van der Waals surface area contributed by atoms with Gasteiger partial charge in [-0.05, 0) is 64.2 Å². The summed E-state index contributed by atoms with van der Waals surface area (Å²) in [5.41, 5.74) is 1.20. The molecule has 0 radical (unpaired) electrons. The fraction of sp³-hybridized carbons (Fsp3) is 0.100. The van der Waals surface area contributed by atoms with Crippen LogP contribution in [0.15, 0.2) is 18.3 Å². The van der Waals surface area contributed by atoms with Crippen molar-refractivity contribution in [2.75, 3.05) is 0 Å². The Morgan fingerprint density at radius 2 is 2.19 bits per heavy atom. The van der Waals surface area contributed by atoms with Gasteiger partial charge < -0.3 is 0 Å². The summed E-state index contributed by atoms with van der Waals surface area (Å²) >= 11 is 4.38. The van der Waals surface area contributed by atoms with Crippen molar-refractivity contribution in [1.82, 2.24) is 14.5 Å². The highest BCUT2D eigenvalue weighted by Crippen LogP contribution is 2.22. The molecule has 0 saturated carbocycles. The predicted octanol–water partition coefficient (Wildman–Crippen LogP) is 2.60. The number of nitrogens with zero attached hydrogens (tertiary/aromatic N) is 3. The minimum Gasteiger partial charge on any atom is -0.296 e. The van der Waals surface area contributed by atoms with Crippen molar-refractivity contribution < 1.29 is 4.79 Å². The van der Waals surface area contributed by atoms with Gasteiger partial charge in [0.2, 0.25) is 0 Å². The van der Waals surface area contributed by atoms with Crippen molar-refractivity contribution in [2.45, 2.75) is 6.92 Å². The molecule has 0 saturated heterocycles. The zero-order chi connectivity index (χ0) is 11.7. The normalized spacial score (nSPS) is 10.4. The van der Waals surface area contributed by atoms with Crippen LogP contribution in [-0.4, -0.2) is 20.8 Å². The summed E-state index contributed by atoms with van der Waals surface area (Å²) in [6.45, 7) is 1.91. The molecule has 82 valence electrons. The Kier molecular flexibility index (Phi) is 3.57. The topological polar surface area (TPSA) is 47.8 Å². The van der Waals surface area contributed by atoms with E-state index in [0.29, 0.717) is 5.69 Å². The van der Waals surface area contributed by atoms with Gasteiger partial charge >= 0.3 is 0 Å². The standard InChI is InChI=1S/C10H7I2N3O/c1-6-14-9(11)10(12)15(6)8-3-2-4-13-7(8)5-16/h2-5H,1H3. The number of halogens is 2. The Morgan fingerprint density at radius 3 is 2.75 bits per heavy atom. The van der Waals surface area contributed by atoms with Gasteiger partial charge in [-0.2, -0.15) is 0 Å². The highest BCUT2D eigenvalue weighted by Gasteiger charge is 2.14. The molecule has 2 aromatic heterocycles. The maximum absolute atomic E-state index is 10.9. The summed E-state index contributed by atoms with van der Waals surface area (Å²) < 4.78 is 3.85. The van der Waals surface area contributed by atoms with Crippen LogP contribution in [0.2, 0.25) is 0 Å². The van der Waals surface area contributed by atoms with Gasteiger partial charge in [0.25, 0.3) is 0 Å². The molecule has 0 spiro atoms. The van der Waals surface area contributed by atoms with Gasteiger partial charge in [-0.25, -0.2) is 4.98 Å². The zero-order valence-corrected chi connectivity index (χ0v) is 12.6. The fourth-order valence-corrected chi connectivity index (χ4v) is 2.76. The molecule has 0 aliphatic heterocycles. The summed E-state index contributed by atoms with van der Waals surface area (Å²) in [5, 5.41) is 0. The van der Waals surface area contributed by atoms with Crippen LogP contribution >= 0.6 is 45.2 Å². The second-order valence-corrected chi connectivity index (χ2v) is 5.15. The first-order valence-electron chi connectivity index (χ1n) is 4.46. The minimum atomic E-state index is 0.428. The fourth-order valence-electron chi connectivity index (χ4n) is 1.44. The van der Waals surface area contributed by atoms with Gasteiger partial charge in [-0.3, -0.25) is 14.3 Å². The molecule has 2 rings (SSSR count). The average molecular weight is 439 g/mol. The first-order chi connectivity index (χ1) is 7.65. The van der Waals surface area contributed by atoms with E-state index in [4.69, 9.17) is 0 Å². The van der Waals surface area contributed by atoms with Crippen LogP contribution in [-0.2, 0) is 0 Å². The van der Waals surface area contributed by atoms with Crippen LogP contribution in [0.4, 0.5) is 0 Å². The van der Waals surface area contributed by atoms with E-state index in [1.807, 2.05) is 23.6 Å². The Balaban J connectivity index is 2.71. The Labute approximate surface area is 120 Å². The molecular formula is C10H7I2N3O. The molecule has 0 aliphatic rings. The predicted molar refractivity (Wildman–Crippen MR) is 76.9 cm³/mol. The van der Waals surface area contributed by atoms with E-state index < -0.39 is 0 Å². The monoisotopic (exact) mass is 439 g/mol. The lowest BCUT2D eigenvalue weighted by Gasteiger charge is -2.08. The Morgan fingerprint density at radius 1 is 1.44 bits per heavy atom. The number of aldehydes is 1. The van der Waals surface area contributed by atoms with Crippen LogP contribution in [0.3, 0.4) is 0 Å². The SMILES string of the molecule is Cc1nc(I)c(I)n1-c1cccnc1C=O. The highest BCUT2D eigenvalue weighted by atomic mass is 127. The molecule has 4 nitrogen and oxygen atoms in total. The number of aromatic nitrogens is 3. The van der Waals surface area contributed by atoms with Gasteiger partial charge in [0.05, 0.1) is 5.69 Å². The number of carbonyl (C=O) groups excluding carboxylic acids is 1. The van der Waals surface area contributed by atoms with Gasteiger partial charge in [0.1, 0.15) is 18.9 Å². The molecule has 0 amide bonds. The molecule has 0 N–H and O–H groups in total. The summed E-state index contributed by atoms with van der Waals surface area (Å²) in [5.74, 6) is 0.852. The second kappa shape index (κ2) is 4.78. The third-order valence-corrected chi connectivity index (χ3v) is 4.90. The summed E-state index contributed by atoms with van der Waals surface area (Å²) in [7, 11) is 0. The van der Waals surface area contributed by atoms with E-state index in [0.717, 1.165) is 25.2 Å². The van der Waals surface area contributed by atoms with E-state index in [-0.39, 0.29) is 0 Å². The third-order valence-electron chi connectivity index (χ3n) is 2.12. The molecule has 0 aliphatic carbocycles. The maximum atomic E-state index is 10.9. The zero-order valence-electron chi connectivity index (χ0n) is 8.32. The number of rotatable bonds is 2. The van der Waals surface area contributed by atoms with Crippen molar-refractivity contribution in [2.24, 2.45) is 0 Å². The van der Waals surface area contributed by atoms with Crippen LogP contribution in [0.5, 0.6) is 0 Å². The number of hydrogen-bond acceptors (Lipinski definition) is 3. The van der Waals surface area contributed by atoms with Crippen molar-refractivity contribution >= 4 is 51.5 Å². The number of pyridine rings is 1. The summed E-state index contributed by atoms with van der Waals surface area (Å²) in [4.78, 5) is 19.3. The van der Waals surface area contributed by atoms with E-state index in [1.165, 1.54) is 0 Å². The van der Waals surface area contributed by atoms with E-state index in [1.54, 1.807) is 6.20 Å². The number of imidazole rings is 1. The first kappa shape index (κ1) is 12.0. The van der Waals surface area contributed by atoms with Crippen LogP contribution < -0.4 is 0 Å². The molecule has 16 heavy (non-hydrogen) atoms. The van der Waals surface area contributed by atoms with Crippen molar-refractivity contribution in [1.29, 1.82) is 0 Å². The molecule has 6 heteroatoms. The second-order valence-electron chi connectivity index (χ2n) is 3.10. The van der Waals surface area contributed by atoms with Gasteiger partial charge in [-0.15, -0.1) is 0 Å². The maximum Gasteiger partial charge on any atom is 0.170 e. The molecular weight excluding hydrogens is 432 g/mol. The lowest BCUT2D eigenvalue weighted by molar-refractivity contribution is 0.111. The molecule has 2 heterocycles. The quantitative estimate of drug-likeness (QED) is 0.535. The Hall–Kier alpha value is -0.510. The van der Waals surface area contributed by atoms with Crippen molar-refractivity contribution in [3.05, 3.63) is 37.2 Å². The van der Waals surface area contributed by atoms with Gasteiger partial charge in [0.15, 0.2) is 6.29 Å². The molecule has 0 unspecified atom stereocenters. The van der Waals surface area contributed by atoms with Crippen molar-refractivity contribution in [3.63, 3.8) is 0 Å². The molecule has 0 atom stereocenters. The number of carbonyl (C=O) groups is 1. The Bertz CT molecular complexity index is 551. The van der Waals surface area contributed by atoms with E-state index >= 15 is 0 Å². The van der Waals surface area contributed by atoms with Gasteiger partial charge in [0, 0.05) is 6.20 Å². The summed E-state index contributed by atoms with van der Waals surface area (Å²) in [6.07, 6.45) is 2.37. The first-order valence-corrected chi connectivity index (χ1v) is 6.62. The summed E-state index contributed by atoms with van der Waals surface area (Å²) in [6, 6.07) is 3.67. The lowest BCUT2D eigenvalue weighted by Crippen LogP contribution is -2.04. The molecule has 0 aromatic carbocycles. The number of aryl methyl sites for hydroxylation is 1. The van der Waals surface area contributed by atoms with Crippen LogP contribution in [0.1, 0.15) is 16.3 Å². The number of hydrogen-bond donors (Lipinski definition) is 0. The van der Waals surface area contributed by atoms with Crippen molar-refractivity contribution in [3.8, 4) is 5.69 Å². The minimum absolute atomic E-state index is 0.428. The third kappa shape index (κ3) is 1.99. The molecule has 0 bridgehead atoms. The molecule has 2 aromatic rings. The lowest BCUT2D eigenvalue weighted by atomic mass is 10.3. The van der Waals surface area contributed by atoms with Gasteiger partial charge in [-0.1, -0.05) is 0 Å². The van der Waals surface area contributed by atoms with E-state index in [9.17, 15) is 4.79 Å². The largest absolute Gasteiger partial charge is 0.296 e. The molecule has 0 fully saturated rings. The average Bonchev–Trinajstić information content (AvgIpc) is 2.53. The van der Waals surface area contributed by atoms with E-state index in [2.05, 4.69) is 55.1 Å². The smallest absolute Gasteiger partial charge is 0.170 e. The van der Waals surface area contributed by atoms with Crippen LogP contribution in [0.25, 0.3) is 5.69 Å². The highest BCUT2D eigenvalue weighted by molar-refractivity contribution is 14.1. The van der Waals surface area contributed by atoms with Crippen LogP contribution in [0, 0.1) is 14.3 Å².